The van der Waals surface area contributed by atoms with Crippen LogP contribution in [0.2, 0.25) is 0 Å². The molecule has 1 fully saturated rings. The predicted octanol–water partition coefficient (Wildman–Crippen LogP) is 9.77. The lowest BCUT2D eigenvalue weighted by Crippen LogP contribution is -2.59. The number of aliphatic hydroxyl groups excluding tert-OH is 4. The van der Waals surface area contributed by atoms with E-state index in [1.807, 2.05) is 6.08 Å². The van der Waals surface area contributed by atoms with E-state index in [-0.39, 0.29) is 26.1 Å². The largest absolute Gasteiger partial charge is 0.462 e. The van der Waals surface area contributed by atoms with Crippen molar-refractivity contribution in [1.82, 2.24) is 0 Å². The average Bonchev–Trinajstić information content (AvgIpc) is 3.23. The molecule has 336 valence electrons. The highest BCUT2D eigenvalue weighted by Crippen LogP contribution is 2.22. The first-order chi connectivity index (χ1) is 28.8. The quantitative estimate of drug-likeness (QED) is 0.0273. The number of esters is 2. The van der Waals surface area contributed by atoms with Crippen molar-refractivity contribution < 1.29 is 49.0 Å². The van der Waals surface area contributed by atoms with Crippen LogP contribution in [0.5, 0.6) is 0 Å². The second-order valence-corrected chi connectivity index (χ2v) is 15.1. The molecule has 0 aromatic carbocycles. The van der Waals surface area contributed by atoms with E-state index in [0.29, 0.717) is 12.8 Å². The van der Waals surface area contributed by atoms with Crippen LogP contribution in [-0.4, -0.2) is 89.0 Å². The first kappa shape index (κ1) is 53.9. The second kappa shape index (κ2) is 39.0. The van der Waals surface area contributed by atoms with E-state index in [2.05, 4.69) is 92.8 Å². The van der Waals surface area contributed by atoms with Gasteiger partial charge >= 0.3 is 11.9 Å². The van der Waals surface area contributed by atoms with Gasteiger partial charge in [0.1, 0.15) is 31.0 Å². The zero-order valence-corrected chi connectivity index (χ0v) is 36.5. The molecule has 0 aromatic heterocycles. The molecule has 0 amide bonds. The van der Waals surface area contributed by atoms with E-state index in [1.165, 1.54) is 44.9 Å². The van der Waals surface area contributed by atoms with Crippen molar-refractivity contribution in [3.63, 3.8) is 0 Å². The molecule has 2 unspecified atom stereocenters. The number of ether oxygens (including phenoxy) is 4. The van der Waals surface area contributed by atoms with Crippen molar-refractivity contribution in [3.8, 4) is 0 Å². The summed E-state index contributed by atoms with van der Waals surface area (Å²) < 4.78 is 22.1. The number of hydrogen-bond acceptors (Lipinski definition) is 10. The molecule has 10 heteroatoms. The Morgan fingerprint density at radius 1 is 0.542 bits per heavy atom. The lowest BCUT2D eigenvalue weighted by Gasteiger charge is -2.39. The fourth-order valence-electron chi connectivity index (χ4n) is 6.19. The van der Waals surface area contributed by atoms with Gasteiger partial charge in [-0.25, -0.2) is 0 Å². The van der Waals surface area contributed by atoms with Crippen molar-refractivity contribution in [1.29, 1.82) is 0 Å². The van der Waals surface area contributed by atoms with Crippen LogP contribution < -0.4 is 0 Å². The van der Waals surface area contributed by atoms with Crippen LogP contribution in [0.15, 0.2) is 85.1 Å². The van der Waals surface area contributed by atoms with E-state index in [4.69, 9.17) is 18.9 Å². The minimum atomic E-state index is -1.61. The zero-order valence-electron chi connectivity index (χ0n) is 36.5. The number of rotatable bonds is 36. The molecule has 1 saturated heterocycles. The highest BCUT2D eigenvalue weighted by atomic mass is 16.7. The molecule has 10 nitrogen and oxygen atoms in total. The molecule has 1 aliphatic heterocycles. The molecular weight excluding hydrogens is 749 g/mol. The zero-order chi connectivity index (χ0) is 43.0. The molecule has 1 rings (SSSR count). The third-order valence-corrected chi connectivity index (χ3v) is 9.76. The molecular formula is C49H80O10. The SMILES string of the molecule is CC/C=C/C/C=C/C/C=C/C/C=C/C/C=C/CCCC(=O)OC[C@@H](CO[C@H]1O[C@@H](CO)[C@@H](O)C(O)C1O)OC(=O)CCCCCCCCC/C=C/C/C=C/CCCCC. The highest BCUT2D eigenvalue weighted by Gasteiger charge is 2.44. The standard InChI is InChI=1S/C49H80O10/c1-3-5-7-9-11-13-15-17-19-21-23-25-27-29-31-33-35-37-44(51)56-40-42(41-57-49-48(55)47(54)46(53)43(39-50)59-49)58-45(52)38-36-34-32-30-28-26-24-22-20-18-16-14-12-10-8-6-4-2/h5,7,11-14,17-20,23,25,29,31,42-43,46-50,53-55H,3-4,6,8-10,15-16,21-22,24,26-28,30,32-41H2,1-2H3/b7-5+,13-11+,14-12+,19-17+,20-18+,25-23+,31-29+/t42-,43-,46+,47?,48?,49-/m0/s1. The first-order valence-corrected chi connectivity index (χ1v) is 22.7. The van der Waals surface area contributed by atoms with Crippen LogP contribution in [0.1, 0.15) is 155 Å². The summed E-state index contributed by atoms with van der Waals surface area (Å²) in [5.74, 6) is -0.892. The molecule has 0 bridgehead atoms. The maximum atomic E-state index is 12.8. The minimum absolute atomic E-state index is 0.191. The summed E-state index contributed by atoms with van der Waals surface area (Å²) in [4.78, 5) is 25.3. The normalized spacial score (nSPS) is 20.8. The summed E-state index contributed by atoms with van der Waals surface area (Å²) in [6.07, 6.45) is 43.0. The molecule has 0 saturated carbocycles. The van der Waals surface area contributed by atoms with Crippen molar-refractivity contribution in [2.24, 2.45) is 0 Å². The molecule has 0 aromatic rings. The Hall–Kier alpha value is -3.12. The van der Waals surface area contributed by atoms with Crippen LogP contribution in [0.25, 0.3) is 0 Å². The summed E-state index contributed by atoms with van der Waals surface area (Å²) in [6, 6.07) is 0. The van der Waals surface area contributed by atoms with E-state index in [9.17, 15) is 30.0 Å². The third kappa shape index (κ3) is 30.5. The molecule has 0 radical (unpaired) electrons. The topological polar surface area (TPSA) is 152 Å². The summed E-state index contributed by atoms with van der Waals surface area (Å²) >= 11 is 0. The number of hydrogen-bond donors (Lipinski definition) is 4. The Balaban J connectivity index is 2.38. The van der Waals surface area contributed by atoms with Gasteiger partial charge in [-0.05, 0) is 83.5 Å². The van der Waals surface area contributed by atoms with E-state index < -0.39 is 55.4 Å². The second-order valence-electron chi connectivity index (χ2n) is 15.1. The number of carbonyl (C=O) groups is 2. The highest BCUT2D eigenvalue weighted by molar-refractivity contribution is 5.70. The van der Waals surface area contributed by atoms with Gasteiger partial charge in [0.15, 0.2) is 12.4 Å². The number of allylic oxidation sites excluding steroid dienone is 14. The Bertz CT molecular complexity index is 1230. The smallest absolute Gasteiger partial charge is 0.306 e. The Kier molecular flexibility index (Phi) is 35.7. The van der Waals surface area contributed by atoms with Gasteiger partial charge in [0, 0.05) is 12.8 Å². The van der Waals surface area contributed by atoms with Gasteiger partial charge in [-0.2, -0.15) is 0 Å². The van der Waals surface area contributed by atoms with E-state index >= 15 is 0 Å². The summed E-state index contributed by atoms with van der Waals surface area (Å²) in [5.41, 5.74) is 0. The van der Waals surface area contributed by atoms with E-state index in [0.717, 1.165) is 70.6 Å². The van der Waals surface area contributed by atoms with Crippen LogP contribution >= 0.6 is 0 Å². The first-order valence-electron chi connectivity index (χ1n) is 22.7. The van der Waals surface area contributed by atoms with Crippen molar-refractivity contribution >= 4 is 11.9 Å². The average molecular weight is 829 g/mol. The van der Waals surface area contributed by atoms with Gasteiger partial charge in [0.25, 0.3) is 0 Å². The third-order valence-electron chi connectivity index (χ3n) is 9.76. The fourth-order valence-corrected chi connectivity index (χ4v) is 6.19. The fraction of sp³-hybridized carbons (Fsp3) is 0.673. The monoisotopic (exact) mass is 829 g/mol. The number of aliphatic hydroxyl groups is 4. The van der Waals surface area contributed by atoms with Gasteiger partial charge < -0.3 is 39.4 Å². The molecule has 0 aliphatic carbocycles. The van der Waals surface area contributed by atoms with E-state index in [1.54, 1.807) is 0 Å². The van der Waals surface area contributed by atoms with Crippen molar-refractivity contribution in [2.75, 3.05) is 19.8 Å². The molecule has 1 heterocycles. The molecule has 4 N–H and O–H groups in total. The maximum Gasteiger partial charge on any atom is 0.306 e. The lowest BCUT2D eigenvalue weighted by atomic mass is 9.99. The molecule has 59 heavy (non-hydrogen) atoms. The van der Waals surface area contributed by atoms with Crippen molar-refractivity contribution in [3.05, 3.63) is 85.1 Å². The lowest BCUT2D eigenvalue weighted by molar-refractivity contribution is -0.305. The maximum absolute atomic E-state index is 12.8. The summed E-state index contributed by atoms with van der Waals surface area (Å²) in [6.45, 7) is 3.20. The van der Waals surface area contributed by atoms with Gasteiger partial charge in [-0.1, -0.05) is 144 Å². The minimum Gasteiger partial charge on any atom is -0.462 e. The molecule has 6 atom stereocenters. The Morgan fingerprint density at radius 2 is 1.02 bits per heavy atom. The molecule has 1 aliphatic rings. The van der Waals surface area contributed by atoms with Crippen molar-refractivity contribution in [2.45, 2.75) is 192 Å². The summed E-state index contributed by atoms with van der Waals surface area (Å²) in [7, 11) is 0. The van der Waals surface area contributed by atoms with Crippen LogP contribution in [0, 0.1) is 0 Å². The summed E-state index contributed by atoms with van der Waals surface area (Å²) in [5, 5.41) is 40.1. The van der Waals surface area contributed by atoms with Gasteiger partial charge in [-0.15, -0.1) is 0 Å². The Morgan fingerprint density at radius 3 is 1.56 bits per heavy atom. The predicted molar refractivity (Wildman–Crippen MR) is 237 cm³/mol. The van der Waals surface area contributed by atoms with Crippen LogP contribution in [0.3, 0.4) is 0 Å². The number of unbranched alkanes of at least 4 members (excludes halogenated alkanes) is 11. The van der Waals surface area contributed by atoms with Gasteiger partial charge in [0.05, 0.1) is 13.2 Å². The molecule has 0 spiro atoms. The van der Waals surface area contributed by atoms with Crippen LogP contribution in [0.4, 0.5) is 0 Å². The van der Waals surface area contributed by atoms with Gasteiger partial charge in [-0.3, -0.25) is 9.59 Å². The number of carbonyl (C=O) groups excluding carboxylic acids is 2. The van der Waals surface area contributed by atoms with Crippen LogP contribution in [-0.2, 0) is 28.5 Å². The van der Waals surface area contributed by atoms with Gasteiger partial charge in [0.2, 0.25) is 0 Å². The Labute approximate surface area is 356 Å².